The fourth-order valence-electron chi connectivity index (χ4n) is 13.3. The fraction of sp³-hybridized carbons (Fsp3) is 0.514. The number of nitrogens with zero attached hydrogens (tertiary/aromatic N) is 15. The Hall–Kier alpha value is -10.1. The van der Waals surface area contributed by atoms with Crippen LogP contribution in [0.4, 0.5) is 93.0 Å². The molecule has 6 aromatic heterocycles. The second kappa shape index (κ2) is 36.1. The number of carbonyl (C=O) groups excluding carboxylic acids is 4. The van der Waals surface area contributed by atoms with E-state index in [2.05, 4.69) is 73.7 Å². The number of ether oxygens (including phenoxy) is 2. The van der Waals surface area contributed by atoms with E-state index in [-0.39, 0.29) is 130 Å². The number of ketones is 2. The minimum Gasteiger partial charge on any atom is -0.480 e. The third-order valence-corrected chi connectivity index (χ3v) is 20.4. The first kappa shape index (κ1) is 94.4. The smallest absolute Gasteiger partial charge is 0.451 e. The Kier molecular flexibility index (Phi) is 28.6. The number of aliphatic carboxylic acids is 1. The minimum absolute atomic E-state index is 0. The highest BCUT2D eigenvalue weighted by atomic mass is 35.5. The SMILES string of the molecule is CC(C)(C)OC(=O)N1C2CC(C2)C1C(=O)CCc1cc(-c2cnc(C(F)(F)F)nc2)nc(C(F)(F)F)n1.CC(C)(C)OC(=O)N1C2CC(C2)C1C(=O)O.CCC.Cl.NCc1cc(-c2cnc(C(F)(F)F)nc2)nc(C(F)(F)F)n1.O=C(CCc1cc(-c2cnc(C(F)(F)F)nc2)nc(C(F)(F)F)n1)[C@@H]1C2CC(C2)N1S(=O)(=O)c1ccc(F)cc1. The molecular formula is C72H74ClF19N16O10S. The van der Waals surface area contributed by atoms with Crippen molar-refractivity contribution in [3.05, 3.63) is 137 Å². The molecule has 3 N–H and O–H groups in total. The van der Waals surface area contributed by atoms with E-state index in [9.17, 15) is 116 Å². The number of alkyl halides is 18. The summed E-state index contributed by atoms with van der Waals surface area (Å²) < 4.78 is 284. The quantitative estimate of drug-likeness (QED) is 0.0900. The maximum atomic E-state index is 13.5. The van der Waals surface area contributed by atoms with Gasteiger partial charge in [0.1, 0.15) is 23.1 Å². The first-order valence-corrected chi connectivity index (χ1v) is 37.3. The zero-order valence-corrected chi connectivity index (χ0v) is 65.2. The lowest BCUT2D eigenvalue weighted by Crippen LogP contribution is -2.44. The van der Waals surface area contributed by atoms with Gasteiger partial charge in [-0.2, -0.15) is 83.3 Å². The van der Waals surface area contributed by atoms with E-state index in [1.165, 1.54) is 16.2 Å². The van der Waals surface area contributed by atoms with Gasteiger partial charge in [-0.15, -0.1) is 12.4 Å². The first-order valence-electron chi connectivity index (χ1n) is 35.8. The molecule has 0 radical (unpaired) electrons. The maximum Gasteiger partial charge on any atom is 0.451 e. The number of amides is 2. The summed E-state index contributed by atoms with van der Waals surface area (Å²) in [5, 5.41) is 9.08. The van der Waals surface area contributed by atoms with Gasteiger partial charge in [0.2, 0.25) is 45.0 Å². The molecule has 26 nitrogen and oxygen atoms in total. The van der Waals surface area contributed by atoms with Gasteiger partial charge >= 0.3 is 55.2 Å². The average Bonchev–Trinajstić information content (AvgIpc) is 1.57. The van der Waals surface area contributed by atoms with Gasteiger partial charge < -0.3 is 20.3 Å². The van der Waals surface area contributed by atoms with Gasteiger partial charge in [-0.05, 0) is 153 Å². The lowest BCUT2D eigenvalue weighted by molar-refractivity contribution is -0.145. The third kappa shape index (κ3) is 23.3. The van der Waals surface area contributed by atoms with Crippen LogP contribution in [0.3, 0.4) is 0 Å². The third-order valence-electron chi connectivity index (χ3n) is 18.5. The summed E-state index contributed by atoms with van der Waals surface area (Å²) in [4.78, 5) is 103. The van der Waals surface area contributed by atoms with E-state index < -0.39 is 153 Å². The summed E-state index contributed by atoms with van der Waals surface area (Å²) in [6.07, 6.45) is -22.1. The molecule has 2 unspecified atom stereocenters. The first-order chi connectivity index (χ1) is 54.5. The molecule has 9 fully saturated rings. The van der Waals surface area contributed by atoms with E-state index in [1.54, 1.807) is 41.5 Å². The molecule has 1 aromatic carbocycles. The molecule has 3 atom stereocenters. The fourth-order valence-corrected chi connectivity index (χ4v) is 15.2. The number of nitrogens with two attached hydrogens (primary N) is 1. The van der Waals surface area contributed by atoms with Crippen molar-refractivity contribution in [1.82, 2.24) is 73.9 Å². The standard InChI is InChI=1S/C24H18F7N5O3S.C23H23F6N5O3.C11H7F6N5.C11H17NO4.C3H8.ClH/c25-14-1-4-17(5-2-14)40(38,39)36-16-7-12(8-16)20(36)19(37)6-3-15-9-18(35-22(34-15)24(29,30)31)13-10-32-21(33-11-13)23(26,27)28;1-21(2,3)37-20(36)34-14-6-11(7-14)17(34)16(35)5-4-13-8-15(33-19(32-13)23(27,28)29)12-9-30-18(31-10-12)22(24,25)26;12-10(13,14)8-19-3-5(4-20-8)7-1-6(2-18)21-9(22-7)11(15,16)17;1-11(2,3)16-10(15)12-7-4-6(5-7)8(12)9(13)14;1-3-2;/h1-2,4-5,9-12,16,20H,3,6-8H2;8-11,14,17H,4-7H2,1-3H3;1,3-4H,2,18H2;6-8H,4-5H2,1-3H3,(H,13,14);3H2,1-2H3;1H/t12?,16?,20-;;;;;/m0...../s1. The molecule has 6 bridgehead atoms. The summed E-state index contributed by atoms with van der Waals surface area (Å²) in [5.41, 5.74) is 1.90. The van der Waals surface area contributed by atoms with Gasteiger partial charge in [0.15, 0.2) is 11.6 Å². The zero-order valence-electron chi connectivity index (χ0n) is 63.6. The summed E-state index contributed by atoms with van der Waals surface area (Å²) in [7, 11) is -4.15. The summed E-state index contributed by atoms with van der Waals surface area (Å²) >= 11 is 0. The molecule has 47 heteroatoms. The van der Waals surface area contributed by atoms with E-state index in [1.807, 2.05) is 0 Å². The molecule has 648 valence electrons. The van der Waals surface area contributed by atoms with Crippen LogP contribution in [0.15, 0.2) is 84.5 Å². The maximum absolute atomic E-state index is 13.5. The normalized spacial score (nSPS) is 20.7. The number of sulfonamides is 1. The number of benzene rings is 1. The summed E-state index contributed by atoms with van der Waals surface area (Å²) in [6, 6.07) is 4.59. The summed E-state index contributed by atoms with van der Waals surface area (Å²) in [5.74, 6) is -11.4. The Labute approximate surface area is 670 Å². The topological polar surface area (TPSA) is 349 Å². The van der Waals surface area contributed by atoms with Crippen molar-refractivity contribution < 1.29 is 130 Å². The molecule has 6 aliphatic heterocycles. The van der Waals surface area contributed by atoms with Crippen LogP contribution in [0, 0.1) is 23.6 Å². The largest absolute Gasteiger partial charge is 0.480 e. The number of aromatic nitrogens is 12. The van der Waals surface area contributed by atoms with Crippen molar-refractivity contribution in [1.29, 1.82) is 0 Å². The van der Waals surface area contributed by atoms with Gasteiger partial charge in [0.25, 0.3) is 0 Å². The van der Waals surface area contributed by atoms with E-state index >= 15 is 0 Å². The Balaban J connectivity index is 0.000000205. The van der Waals surface area contributed by atoms with Crippen molar-refractivity contribution in [3.63, 3.8) is 0 Å². The van der Waals surface area contributed by atoms with Crippen LogP contribution in [-0.4, -0.2) is 165 Å². The highest BCUT2D eigenvalue weighted by Crippen LogP contribution is 2.51. The Morgan fingerprint density at radius 2 is 0.731 bits per heavy atom. The van der Waals surface area contributed by atoms with Crippen molar-refractivity contribution in [3.8, 4) is 33.8 Å². The Morgan fingerprint density at radius 1 is 0.445 bits per heavy atom. The van der Waals surface area contributed by atoms with Crippen LogP contribution in [0.25, 0.3) is 33.8 Å². The predicted molar refractivity (Wildman–Crippen MR) is 377 cm³/mol. The molecule has 3 saturated carbocycles. The Morgan fingerprint density at radius 3 is 1.04 bits per heavy atom. The van der Waals surface area contributed by atoms with Gasteiger partial charge in [0, 0.05) is 103 Å². The molecule has 9 aliphatic rings. The number of carboxylic acids is 1. The van der Waals surface area contributed by atoms with Gasteiger partial charge in [-0.25, -0.2) is 87.0 Å². The molecule has 0 spiro atoms. The van der Waals surface area contributed by atoms with E-state index in [4.69, 9.17) is 20.3 Å². The molecule has 6 saturated heterocycles. The molecule has 3 aliphatic carbocycles. The lowest BCUT2D eigenvalue weighted by Gasteiger charge is -2.29. The predicted octanol–water partition coefficient (Wildman–Crippen LogP) is 15.1. The Bertz CT molecular complexity index is 4890. The second-order valence-corrected chi connectivity index (χ2v) is 31.7. The molecule has 12 heterocycles. The molecule has 7 aromatic rings. The number of halogens is 20. The number of rotatable bonds is 15. The molecule has 2 amide bonds. The number of hydrogen-bond acceptors (Lipinski definition) is 22. The number of aryl methyl sites for hydroxylation is 2. The van der Waals surface area contributed by atoms with Crippen LogP contribution in [0.5, 0.6) is 0 Å². The van der Waals surface area contributed by atoms with Crippen molar-refractivity contribution >= 4 is 52.2 Å². The highest BCUT2D eigenvalue weighted by molar-refractivity contribution is 7.89. The van der Waals surface area contributed by atoms with Crippen LogP contribution in [-0.2, 0) is 90.3 Å². The monoisotopic (exact) mass is 1750 g/mol. The van der Waals surface area contributed by atoms with E-state index in [0.29, 0.717) is 38.1 Å². The number of carboxylic acid groups (broad SMARTS) is 1. The summed E-state index contributed by atoms with van der Waals surface area (Å²) in [6.45, 7) is 14.4. The second-order valence-electron chi connectivity index (χ2n) is 29.8. The van der Waals surface area contributed by atoms with E-state index in [0.717, 1.165) is 84.4 Å². The molecule has 16 rings (SSSR count). The number of Topliss-reactive ketones (excluding diaryl/α,β-unsaturated/α-hetero) is 2. The highest BCUT2D eigenvalue weighted by Gasteiger charge is 2.60. The zero-order chi connectivity index (χ0) is 87.7. The van der Waals surface area contributed by atoms with Gasteiger partial charge in [-0.1, -0.05) is 20.3 Å². The van der Waals surface area contributed by atoms with Crippen LogP contribution >= 0.6 is 12.4 Å². The van der Waals surface area contributed by atoms with Gasteiger partial charge in [-0.3, -0.25) is 19.4 Å². The van der Waals surface area contributed by atoms with Crippen molar-refractivity contribution in [2.45, 2.75) is 222 Å². The molecule has 119 heavy (non-hydrogen) atoms. The number of carbonyl (C=O) groups is 5. The van der Waals surface area contributed by atoms with Crippen molar-refractivity contribution in [2.24, 2.45) is 23.5 Å². The van der Waals surface area contributed by atoms with Crippen LogP contribution < -0.4 is 5.73 Å². The minimum atomic E-state index is -5.01. The van der Waals surface area contributed by atoms with Gasteiger partial charge in [0.05, 0.1) is 39.8 Å². The van der Waals surface area contributed by atoms with Crippen LogP contribution in [0.1, 0.15) is 165 Å². The molecular weight excluding hydrogens is 1680 g/mol. The van der Waals surface area contributed by atoms with Crippen LogP contribution in [0.2, 0.25) is 0 Å². The average molecular weight is 1750 g/mol. The number of hydrogen-bond donors (Lipinski definition) is 2. The van der Waals surface area contributed by atoms with Crippen molar-refractivity contribution in [2.75, 3.05) is 0 Å². The lowest BCUT2D eigenvalue weighted by atomic mass is 9.81. The number of fused-ring (bicyclic) bond motifs is 3.